The van der Waals surface area contributed by atoms with Crippen LogP contribution in [0.2, 0.25) is 0 Å². The van der Waals surface area contributed by atoms with Crippen LogP contribution in [0.25, 0.3) is 0 Å². The standard InChI is InChI=1S/C20H27NO2/c1-20-11-10-16-15-7-5-14(21(2,3)23)12-13(15)4-6-17(16)18(20)8-9-19(20)22/h5,7,12,16-18H,4,6,8-11H2,1-3H3/t16-,17-,18+,20+/m1/s1. The summed E-state index contributed by atoms with van der Waals surface area (Å²) in [6.45, 7) is 2.22. The number of fused-ring (bicyclic) bond motifs is 5. The third-order valence-corrected chi connectivity index (χ3v) is 7.04. The number of hydrogen-bond acceptors (Lipinski definition) is 2. The van der Waals surface area contributed by atoms with Gasteiger partial charge in [0.1, 0.15) is 11.5 Å². The number of benzene rings is 1. The Morgan fingerprint density at radius 2 is 1.96 bits per heavy atom. The Kier molecular flexibility index (Phi) is 3.27. The Hall–Kier alpha value is -1.19. The van der Waals surface area contributed by atoms with Crippen molar-refractivity contribution in [3.05, 3.63) is 34.5 Å². The van der Waals surface area contributed by atoms with Gasteiger partial charge in [-0.05, 0) is 67.1 Å². The molecule has 4 atom stereocenters. The first-order valence-electron chi connectivity index (χ1n) is 9.02. The van der Waals surface area contributed by atoms with Crippen molar-refractivity contribution in [2.24, 2.45) is 17.3 Å². The number of carbonyl (C=O) groups is 1. The molecule has 1 aromatic carbocycles. The second-order valence-electron chi connectivity index (χ2n) is 8.57. The number of Topliss-reactive ketones (excluding diaryl/α,β-unsaturated/α-hetero) is 1. The highest BCUT2D eigenvalue weighted by atomic mass is 16.5. The van der Waals surface area contributed by atoms with Crippen LogP contribution in [0.15, 0.2) is 18.2 Å². The summed E-state index contributed by atoms with van der Waals surface area (Å²) in [6.07, 6.45) is 6.30. The first-order chi connectivity index (χ1) is 10.8. The van der Waals surface area contributed by atoms with E-state index in [-0.39, 0.29) is 10.1 Å². The number of ketones is 1. The Bertz CT molecular complexity index is 660. The van der Waals surface area contributed by atoms with Crippen molar-refractivity contribution in [2.75, 3.05) is 14.1 Å². The maximum atomic E-state index is 12.4. The zero-order valence-corrected chi connectivity index (χ0v) is 14.5. The molecule has 0 N–H and O–H groups in total. The number of carbonyl (C=O) groups excluding carboxylic acids is 1. The monoisotopic (exact) mass is 313 g/mol. The summed E-state index contributed by atoms with van der Waals surface area (Å²) < 4.78 is -0.365. The van der Waals surface area contributed by atoms with Gasteiger partial charge in [0.05, 0.1) is 14.1 Å². The van der Waals surface area contributed by atoms with Crippen molar-refractivity contribution in [1.29, 1.82) is 0 Å². The Morgan fingerprint density at radius 3 is 2.70 bits per heavy atom. The quantitative estimate of drug-likeness (QED) is 0.576. The topological polar surface area (TPSA) is 40.1 Å². The highest BCUT2D eigenvalue weighted by Gasteiger charge is 2.54. The minimum absolute atomic E-state index is 0.0491. The molecule has 2 fully saturated rings. The largest absolute Gasteiger partial charge is 0.628 e. The molecule has 0 unspecified atom stereocenters. The van der Waals surface area contributed by atoms with Crippen molar-refractivity contribution >= 4 is 11.5 Å². The van der Waals surface area contributed by atoms with Crippen LogP contribution in [0.4, 0.5) is 5.69 Å². The first kappa shape index (κ1) is 15.3. The normalized spacial score (nSPS) is 36.3. The SMILES string of the molecule is C[C@]12CC[C@@H]3c4ccc([N+](C)(C)[O-])cc4CC[C@H]3[C@@H]1CCC2=O. The molecule has 0 saturated heterocycles. The van der Waals surface area contributed by atoms with Gasteiger partial charge in [-0.1, -0.05) is 13.0 Å². The summed E-state index contributed by atoms with van der Waals surface area (Å²) >= 11 is 0. The van der Waals surface area contributed by atoms with Gasteiger partial charge in [-0.3, -0.25) is 4.79 Å². The van der Waals surface area contributed by atoms with E-state index < -0.39 is 0 Å². The van der Waals surface area contributed by atoms with Gasteiger partial charge in [-0.25, -0.2) is 0 Å². The smallest absolute Gasteiger partial charge is 0.139 e. The Morgan fingerprint density at radius 1 is 1.17 bits per heavy atom. The van der Waals surface area contributed by atoms with Gasteiger partial charge < -0.3 is 9.85 Å². The molecular formula is C20H27NO2. The first-order valence-corrected chi connectivity index (χ1v) is 9.02. The molecule has 1 aromatic rings. The molecule has 3 heteroatoms. The third-order valence-electron chi connectivity index (χ3n) is 7.04. The molecule has 3 aliphatic carbocycles. The molecule has 0 amide bonds. The van der Waals surface area contributed by atoms with Gasteiger partial charge in [-0.15, -0.1) is 0 Å². The molecule has 124 valence electrons. The van der Waals surface area contributed by atoms with Gasteiger partial charge >= 0.3 is 0 Å². The molecule has 23 heavy (non-hydrogen) atoms. The van der Waals surface area contributed by atoms with Crippen molar-refractivity contribution in [1.82, 2.24) is 4.65 Å². The molecule has 0 spiro atoms. The minimum Gasteiger partial charge on any atom is -0.628 e. The van der Waals surface area contributed by atoms with E-state index in [0.717, 1.165) is 37.8 Å². The van der Waals surface area contributed by atoms with Crippen LogP contribution in [-0.4, -0.2) is 19.9 Å². The number of nitrogens with zero attached hydrogens (tertiary/aromatic N) is 1. The molecule has 0 heterocycles. The van der Waals surface area contributed by atoms with Crippen molar-refractivity contribution in [3.8, 4) is 0 Å². The van der Waals surface area contributed by atoms with E-state index in [1.54, 1.807) is 14.1 Å². The predicted octanol–water partition coefficient (Wildman–Crippen LogP) is 4.18. The highest BCUT2D eigenvalue weighted by molar-refractivity contribution is 5.87. The zero-order chi connectivity index (χ0) is 16.4. The lowest BCUT2D eigenvalue weighted by Crippen LogP contribution is -2.42. The molecule has 0 aromatic heterocycles. The molecule has 0 aliphatic heterocycles. The molecule has 0 radical (unpaired) electrons. The van der Waals surface area contributed by atoms with Crippen LogP contribution in [0.1, 0.15) is 56.1 Å². The van der Waals surface area contributed by atoms with Crippen LogP contribution in [0.5, 0.6) is 0 Å². The van der Waals surface area contributed by atoms with E-state index in [4.69, 9.17) is 0 Å². The Balaban J connectivity index is 1.69. The van der Waals surface area contributed by atoms with E-state index in [2.05, 4.69) is 19.1 Å². The van der Waals surface area contributed by atoms with Crippen molar-refractivity contribution in [3.63, 3.8) is 0 Å². The minimum atomic E-state index is -0.365. The van der Waals surface area contributed by atoms with E-state index in [1.165, 1.54) is 17.5 Å². The molecule has 3 aliphatic rings. The number of aryl methyl sites for hydroxylation is 1. The van der Waals surface area contributed by atoms with Crippen LogP contribution < -0.4 is 4.65 Å². The lowest BCUT2D eigenvalue weighted by Gasteiger charge is -2.48. The Labute approximate surface area is 138 Å². The van der Waals surface area contributed by atoms with Crippen LogP contribution in [-0.2, 0) is 11.2 Å². The number of hydrogen-bond donors (Lipinski definition) is 0. The number of rotatable bonds is 1. The average molecular weight is 313 g/mol. The summed E-state index contributed by atoms with van der Waals surface area (Å²) in [5, 5.41) is 12.2. The summed E-state index contributed by atoms with van der Waals surface area (Å²) in [7, 11) is 3.37. The lowest BCUT2D eigenvalue weighted by molar-refractivity contribution is -0.129. The molecule has 4 rings (SSSR count). The maximum Gasteiger partial charge on any atom is 0.139 e. The van der Waals surface area contributed by atoms with Crippen LogP contribution in [0.3, 0.4) is 0 Å². The fourth-order valence-electron chi connectivity index (χ4n) is 5.67. The third kappa shape index (κ3) is 2.20. The van der Waals surface area contributed by atoms with E-state index in [1.807, 2.05) is 6.07 Å². The number of hydroxylamine groups is 2. The summed E-state index contributed by atoms with van der Waals surface area (Å²) in [5.41, 5.74) is 3.63. The summed E-state index contributed by atoms with van der Waals surface area (Å²) in [4.78, 5) is 12.4. The van der Waals surface area contributed by atoms with Crippen molar-refractivity contribution < 1.29 is 4.79 Å². The van der Waals surface area contributed by atoms with Gasteiger partial charge in [-0.2, -0.15) is 0 Å². The molecular weight excluding hydrogens is 286 g/mol. The van der Waals surface area contributed by atoms with Gasteiger partial charge in [0.25, 0.3) is 0 Å². The average Bonchev–Trinajstić information content (AvgIpc) is 2.81. The fourth-order valence-corrected chi connectivity index (χ4v) is 5.67. The second kappa shape index (κ2) is 4.90. The summed E-state index contributed by atoms with van der Waals surface area (Å²) in [6, 6.07) is 6.35. The fraction of sp³-hybridized carbons (Fsp3) is 0.650. The highest BCUT2D eigenvalue weighted by Crippen LogP contribution is 2.59. The zero-order valence-electron chi connectivity index (χ0n) is 14.5. The van der Waals surface area contributed by atoms with E-state index >= 15 is 0 Å². The molecule has 3 nitrogen and oxygen atoms in total. The van der Waals surface area contributed by atoms with E-state index in [9.17, 15) is 10.0 Å². The van der Waals surface area contributed by atoms with E-state index in [0.29, 0.717) is 23.5 Å². The van der Waals surface area contributed by atoms with Crippen LogP contribution in [0, 0.1) is 22.5 Å². The van der Waals surface area contributed by atoms with Gasteiger partial charge in [0.2, 0.25) is 0 Å². The lowest BCUT2D eigenvalue weighted by atomic mass is 9.55. The maximum absolute atomic E-state index is 12.4. The van der Waals surface area contributed by atoms with Gasteiger partial charge in [0.15, 0.2) is 0 Å². The summed E-state index contributed by atoms with van der Waals surface area (Å²) in [5.74, 6) is 2.34. The second-order valence-corrected chi connectivity index (χ2v) is 8.57. The number of quaternary nitrogens is 1. The molecule has 0 bridgehead atoms. The van der Waals surface area contributed by atoms with Gasteiger partial charge in [0, 0.05) is 17.9 Å². The van der Waals surface area contributed by atoms with Crippen molar-refractivity contribution in [2.45, 2.75) is 51.4 Å². The molecule has 2 saturated carbocycles. The predicted molar refractivity (Wildman–Crippen MR) is 93.1 cm³/mol. The van der Waals surface area contributed by atoms with Crippen LogP contribution >= 0.6 is 0 Å².